The van der Waals surface area contributed by atoms with Gasteiger partial charge in [-0.15, -0.1) is 0 Å². The van der Waals surface area contributed by atoms with Crippen LogP contribution in [0.1, 0.15) is 19.8 Å². The molecule has 0 saturated carbocycles. The zero-order chi connectivity index (χ0) is 9.68. The number of ether oxygens (including phenoxy) is 2. The minimum absolute atomic E-state index is 0.0596. The second-order valence-electron chi connectivity index (χ2n) is 3.72. The zero-order valence-corrected chi connectivity index (χ0v) is 8.95. The highest BCUT2D eigenvalue weighted by Gasteiger charge is 2.22. The number of hydrogen-bond donors (Lipinski definition) is 0. The third-order valence-electron chi connectivity index (χ3n) is 2.88. The molecule has 78 valence electrons. The largest absolute Gasteiger partial charge is 0.355 e. The number of methoxy groups -OCH3 is 2. The summed E-state index contributed by atoms with van der Waals surface area (Å²) in [4.78, 5) is 2.42. The molecule has 0 aromatic rings. The fourth-order valence-electron chi connectivity index (χ4n) is 1.87. The molecule has 1 rings (SSSR count). The standard InChI is InChI=1S/C10H21NO2/c1-4-9-5-6-11(7-9)8-10(12-2)13-3/h9-10H,4-8H2,1-3H3. The van der Waals surface area contributed by atoms with Crippen molar-refractivity contribution < 1.29 is 9.47 Å². The lowest BCUT2D eigenvalue weighted by Gasteiger charge is -2.21. The van der Waals surface area contributed by atoms with Gasteiger partial charge in [-0.3, -0.25) is 4.90 Å². The SMILES string of the molecule is CCC1CCN(CC(OC)OC)C1. The molecule has 1 atom stereocenters. The van der Waals surface area contributed by atoms with Gasteiger partial charge in [0.2, 0.25) is 0 Å². The van der Waals surface area contributed by atoms with Crippen molar-refractivity contribution in [2.24, 2.45) is 5.92 Å². The van der Waals surface area contributed by atoms with Gasteiger partial charge in [0.05, 0.1) is 0 Å². The average molecular weight is 187 g/mol. The van der Waals surface area contributed by atoms with Gasteiger partial charge in [0.1, 0.15) is 0 Å². The van der Waals surface area contributed by atoms with Gasteiger partial charge in [0.25, 0.3) is 0 Å². The molecule has 1 aliphatic rings. The van der Waals surface area contributed by atoms with Crippen molar-refractivity contribution in [3.63, 3.8) is 0 Å². The summed E-state index contributed by atoms with van der Waals surface area (Å²) in [5.74, 6) is 0.884. The predicted molar refractivity (Wildman–Crippen MR) is 52.6 cm³/mol. The average Bonchev–Trinajstić information content (AvgIpc) is 2.61. The molecule has 0 spiro atoms. The Balaban J connectivity index is 2.22. The van der Waals surface area contributed by atoms with Crippen molar-refractivity contribution in [2.45, 2.75) is 26.1 Å². The summed E-state index contributed by atoms with van der Waals surface area (Å²) in [6.07, 6.45) is 2.56. The summed E-state index contributed by atoms with van der Waals surface area (Å²) in [5, 5.41) is 0. The molecule has 0 N–H and O–H groups in total. The fraction of sp³-hybridized carbons (Fsp3) is 1.00. The summed E-state index contributed by atoms with van der Waals surface area (Å²) in [7, 11) is 3.39. The van der Waals surface area contributed by atoms with E-state index in [1.54, 1.807) is 14.2 Å². The maximum absolute atomic E-state index is 5.17. The van der Waals surface area contributed by atoms with E-state index in [2.05, 4.69) is 11.8 Å². The van der Waals surface area contributed by atoms with Crippen LogP contribution in [0.4, 0.5) is 0 Å². The van der Waals surface area contributed by atoms with Crippen molar-refractivity contribution in [3.8, 4) is 0 Å². The first-order valence-electron chi connectivity index (χ1n) is 5.08. The molecule has 13 heavy (non-hydrogen) atoms. The van der Waals surface area contributed by atoms with Crippen molar-refractivity contribution >= 4 is 0 Å². The Morgan fingerprint density at radius 1 is 1.38 bits per heavy atom. The van der Waals surface area contributed by atoms with Crippen LogP contribution in [-0.4, -0.2) is 45.0 Å². The molecule has 0 aromatic carbocycles. The monoisotopic (exact) mass is 187 g/mol. The van der Waals surface area contributed by atoms with Gasteiger partial charge in [-0.25, -0.2) is 0 Å². The molecule has 0 bridgehead atoms. The molecule has 1 fully saturated rings. The quantitative estimate of drug-likeness (QED) is 0.606. The summed E-state index contributed by atoms with van der Waals surface area (Å²) in [6.45, 7) is 5.57. The van der Waals surface area contributed by atoms with Gasteiger partial charge >= 0.3 is 0 Å². The second-order valence-corrected chi connectivity index (χ2v) is 3.72. The first-order valence-corrected chi connectivity index (χ1v) is 5.08. The van der Waals surface area contributed by atoms with E-state index in [9.17, 15) is 0 Å². The Kier molecular flexibility index (Phi) is 4.70. The van der Waals surface area contributed by atoms with E-state index in [0.29, 0.717) is 0 Å². The molecule has 0 radical (unpaired) electrons. The van der Waals surface area contributed by atoms with Crippen LogP contribution in [0.25, 0.3) is 0 Å². The van der Waals surface area contributed by atoms with Crippen LogP contribution in [0, 0.1) is 5.92 Å². The molecule has 1 aliphatic heterocycles. The van der Waals surface area contributed by atoms with E-state index < -0.39 is 0 Å². The third-order valence-corrected chi connectivity index (χ3v) is 2.88. The van der Waals surface area contributed by atoms with Crippen molar-refractivity contribution in [1.82, 2.24) is 4.90 Å². The molecule has 3 heteroatoms. The highest BCUT2D eigenvalue weighted by atomic mass is 16.7. The Hall–Kier alpha value is -0.120. The van der Waals surface area contributed by atoms with Crippen LogP contribution in [-0.2, 0) is 9.47 Å². The second kappa shape index (κ2) is 5.58. The number of likely N-dealkylation sites (tertiary alicyclic amines) is 1. The van der Waals surface area contributed by atoms with Crippen LogP contribution >= 0.6 is 0 Å². The van der Waals surface area contributed by atoms with Crippen LogP contribution in [0.3, 0.4) is 0 Å². The molecule has 0 amide bonds. The normalized spacial score (nSPS) is 24.5. The molecule has 0 aromatic heterocycles. The third kappa shape index (κ3) is 3.25. The van der Waals surface area contributed by atoms with E-state index >= 15 is 0 Å². The Bertz CT molecular complexity index is 137. The lowest BCUT2D eigenvalue weighted by atomic mass is 10.1. The Morgan fingerprint density at radius 3 is 2.54 bits per heavy atom. The lowest BCUT2D eigenvalue weighted by molar-refractivity contribution is -0.114. The van der Waals surface area contributed by atoms with Crippen molar-refractivity contribution in [1.29, 1.82) is 0 Å². The van der Waals surface area contributed by atoms with E-state index in [1.165, 1.54) is 25.9 Å². The number of nitrogens with zero attached hydrogens (tertiary/aromatic N) is 1. The van der Waals surface area contributed by atoms with Crippen LogP contribution < -0.4 is 0 Å². The Morgan fingerprint density at radius 2 is 2.08 bits per heavy atom. The smallest absolute Gasteiger partial charge is 0.169 e. The van der Waals surface area contributed by atoms with Crippen LogP contribution in [0.15, 0.2) is 0 Å². The van der Waals surface area contributed by atoms with Gasteiger partial charge in [-0.05, 0) is 18.9 Å². The number of hydrogen-bond acceptors (Lipinski definition) is 3. The molecule has 0 aliphatic carbocycles. The first kappa shape index (κ1) is 11.0. The van der Waals surface area contributed by atoms with Crippen molar-refractivity contribution in [3.05, 3.63) is 0 Å². The fourth-order valence-corrected chi connectivity index (χ4v) is 1.87. The zero-order valence-electron chi connectivity index (χ0n) is 8.95. The topological polar surface area (TPSA) is 21.7 Å². The van der Waals surface area contributed by atoms with Crippen molar-refractivity contribution in [2.75, 3.05) is 33.9 Å². The Labute approximate surface area is 81.0 Å². The maximum atomic E-state index is 5.17. The summed E-state index contributed by atoms with van der Waals surface area (Å²) in [5.41, 5.74) is 0. The van der Waals surface area contributed by atoms with Gasteiger partial charge < -0.3 is 9.47 Å². The summed E-state index contributed by atoms with van der Waals surface area (Å²) < 4.78 is 10.3. The van der Waals surface area contributed by atoms with E-state index in [-0.39, 0.29) is 6.29 Å². The van der Waals surface area contributed by atoms with E-state index in [1.807, 2.05) is 0 Å². The highest BCUT2D eigenvalue weighted by Crippen LogP contribution is 2.19. The van der Waals surface area contributed by atoms with Gasteiger partial charge in [-0.2, -0.15) is 0 Å². The molecule has 1 heterocycles. The molecule has 3 nitrogen and oxygen atoms in total. The minimum atomic E-state index is -0.0596. The van der Waals surface area contributed by atoms with E-state index in [0.717, 1.165) is 12.5 Å². The van der Waals surface area contributed by atoms with Crippen LogP contribution in [0.5, 0.6) is 0 Å². The molecule has 1 saturated heterocycles. The molecular weight excluding hydrogens is 166 g/mol. The van der Waals surface area contributed by atoms with Crippen LogP contribution in [0.2, 0.25) is 0 Å². The van der Waals surface area contributed by atoms with Gasteiger partial charge in [0, 0.05) is 27.3 Å². The molecule has 1 unspecified atom stereocenters. The maximum Gasteiger partial charge on any atom is 0.169 e. The van der Waals surface area contributed by atoms with Gasteiger partial charge in [0.15, 0.2) is 6.29 Å². The number of rotatable bonds is 5. The summed E-state index contributed by atoms with van der Waals surface area (Å²) >= 11 is 0. The lowest BCUT2D eigenvalue weighted by Crippen LogP contribution is -2.32. The highest BCUT2D eigenvalue weighted by molar-refractivity contribution is 4.74. The summed E-state index contributed by atoms with van der Waals surface area (Å²) in [6, 6.07) is 0. The molecular formula is C10H21NO2. The predicted octanol–water partition coefficient (Wildman–Crippen LogP) is 1.34. The minimum Gasteiger partial charge on any atom is -0.355 e. The van der Waals surface area contributed by atoms with Gasteiger partial charge in [-0.1, -0.05) is 13.3 Å². The first-order chi connectivity index (χ1) is 6.30. The van der Waals surface area contributed by atoms with E-state index in [4.69, 9.17) is 9.47 Å².